The van der Waals surface area contributed by atoms with Crippen molar-refractivity contribution in [2.75, 3.05) is 12.4 Å². The number of carbonyl (C=O) groups excluding carboxylic acids is 3. The predicted molar refractivity (Wildman–Crippen MR) is 99.5 cm³/mol. The van der Waals surface area contributed by atoms with Gasteiger partial charge in [-0.15, -0.1) is 11.8 Å². The summed E-state index contributed by atoms with van der Waals surface area (Å²) < 4.78 is 10.5. The molecule has 1 aromatic carbocycles. The number of amides is 2. The fraction of sp³-hybridized carbons (Fsp3) is 0.316. The largest absolute Gasteiger partial charge is 0.466 e. The van der Waals surface area contributed by atoms with E-state index in [1.165, 1.54) is 29.8 Å². The van der Waals surface area contributed by atoms with Crippen LogP contribution in [0.3, 0.4) is 0 Å². The van der Waals surface area contributed by atoms with Crippen LogP contribution in [0.1, 0.15) is 23.6 Å². The first-order valence-corrected chi connectivity index (χ1v) is 9.52. The number of ether oxygens (including phenoxy) is 1. The molecule has 0 aliphatic carbocycles. The van der Waals surface area contributed by atoms with Crippen LogP contribution in [0.4, 0.5) is 0 Å². The first kappa shape index (κ1) is 19.0. The average molecular weight is 388 g/mol. The molecule has 1 aromatic heterocycles. The van der Waals surface area contributed by atoms with Gasteiger partial charge in [0.25, 0.3) is 5.91 Å². The van der Waals surface area contributed by atoms with E-state index in [0.29, 0.717) is 18.1 Å². The minimum Gasteiger partial charge on any atom is -0.466 e. The summed E-state index contributed by atoms with van der Waals surface area (Å²) in [7, 11) is 0. The van der Waals surface area contributed by atoms with Crippen LogP contribution in [0, 0.1) is 0 Å². The normalized spacial score (nSPS) is 18.9. The summed E-state index contributed by atoms with van der Waals surface area (Å²) in [6.45, 7) is 1.37. The number of carbonyl (C=O) groups is 3. The molecule has 0 bridgehead atoms. The summed E-state index contributed by atoms with van der Waals surface area (Å²) in [4.78, 5) is 37.8. The van der Waals surface area contributed by atoms with Crippen molar-refractivity contribution in [3.8, 4) is 0 Å². The predicted octanol–water partition coefficient (Wildman–Crippen LogP) is 2.10. The maximum absolute atomic E-state index is 12.4. The highest BCUT2D eigenvalue weighted by atomic mass is 32.2. The maximum Gasteiger partial charge on any atom is 0.330 e. The highest BCUT2D eigenvalue weighted by Crippen LogP contribution is 2.41. The Bertz CT molecular complexity index is 794. The number of rotatable bonds is 6. The molecule has 8 heteroatoms. The summed E-state index contributed by atoms with van der Waals surface area (Å²) in [5.74, 6) is -0.255. The lowest BCUT2D eigenvalue weighted by Crippen LogP contribution is -2.43. The summed E-state index contributed by atoms with van der Waals surface area (Å²) in [5, 5.41) is 2.32. The van der Waals surface area contributed by atoms with Crippen molar-refractivity contribution in [2.45, 2.75) is 24.9 Å². The van der Waals surface area contributed by atoms with Gasteiger partial charge >= 0.3 is 5.97 Å². The molecule has 1 saturated heterocycles. The Morgan fingerprint density at radius 1 is 1.22 bits per heavy atom. The Labute approximate surface area is 161 Å². The Hall–Kier alpha value is -2.74. The molecule has 0 spiro atoms. The van der Waals surface area contributed by atoms with E-state index >= 15 is 0 Å². The van der Waals surface area contributed by atoms with Crippen molar-refractivity contribution in [3.63, 3.8) is 0 Å². The van der Waals surface area contributed by atoms with E-state index in [2.05, 4.69) is 5.32 Å². The molecule has 2 atom stereocenters. The van der Waals surface area contributed by atoms with Crippen molar-refractivity contribution in [1.29, 1.82) is 0 Å². The second-order valence-electron chi connectivity index (χ2n) is 6.01. The fourth-order valence-corrected chi connectivity index (χ4v) is 4.22. The van der Waals surface area contributed by atoms with Gasteiger partial charge in [0.15, 0.2) is 6.61 Å². The molecule has 2 aromatic rings. The second kappa shape index (κ2) is 8.77. The van der Waals surface area contributed by atoms with E-state index in [1.807, 2.05) is 30.3 Å². The molecule has 1 fully saturated rings. The minimum atomic E-state index is -0.746. The highest BCUT2D eigenvalue weighted by molar-refractivity contribution is 7.99. The van der Waals surface area contributed by atoms with Crippen LogP contribution in [0.2, 0.25) is 0 Å². The lowest BCUT2D eigenvalue weighted by molar-refractivity contribution is -0.156. The van der Waals surface area contributed by atoms with Gasteiger partial charge in [-0.1, -0.05) is 30.3 Å². The molecule has 2 amide bonds. The molecule has 0 unspecified atom stereocenters. The van der Waals surface area contributed by atoms with Crippen molar-refractivity contribution in [1.82, 2.24) is 10.2 Å². The Balaban J connectivity index is 1.52. The quantitative estimate of drug-likeness (QED) is 0.763. The third-order valence-corrected chi connectivity index (χ3v) is 5.38. The van der Waals surface area contributed by atoms with E-state index in [1.54, 1.807) is 12.1 Å². The van der Waals surface area contributed by atoms with Crippen LogP contribution in [-0.4, -0.2) is 41.1 Å². The zero-order valence-electron chi connectivity index (χ0n) is 14.8. The lowest BCUT2D eigenvalue weighted by Gasteiger charge is -2.25. The van der Waals surface area contributed by atoms with Gasteiger partial charge in [0.2, 0.25) is 5.91 Å². The summed E-state index contributed by atoms with van der Waals surface area (Å²) in [5.41, 5.74) is 0.952. The number of benzene rings is 1. The molecule has 1 aliphatic rings. The molecule has 142 valence electrons. The topological polar surface area (TPSA) is 88.8 Å². The summed E-state index contributed by atoms with van der Waals surface area (Å²) in [6, 6.07) is 12.2. The number of esters is 1. The first-order chi connectivity index (χ1) is 13.1. The van der Waals surface area contributed by atoms with Crippen LogP contribution in [0.5, 0.6) is 0 Å². The summed E-state index contributed by atoms with van der Waals surface area (Å²) in [6.07, 6.45) is 1.52. The molecular formula is C19H20N2O5S. The second-order valence-corrected chi connectivity index (χ2v) is 7.13. The Morgan fingerprint density at radius 2 is 2.00 bits per heavy atom. The Morgan fingerprint density at radius 3 is 2.67 bits per heavy atom. The van der Waals surface area contributed by atoms with Gasteiger partial charge in [0.05, 0.1) is 6.26 Å². The standard InChI is InChI=1S/C19H20N2O5S/c1-13(22)21-15(12-27-18(21)16-8-5-9-25-16)19(24)26-11-17(23)20-10-14-6-3-2-4-7-14/h2-9,15,18H,10-12H2,1H3,(H,20,23)/t15-,18+/m1/s1. The lowest BCUT2D eigenvalue weighted by atomic mass is 10.2. The molecule has 7 nitrogen and oxygen atoms in total. The van der Waals surface area contributed by atoms with E-state index in [4.69, 9.17) is 9.15 Å². The van der Waals surface area contributed by atoms with Gasteiger partial charge in [-0.2, -0.15) is 0 Å². The monoisotopic (exact) mass is 388 g/mol. The van der Waals surface area contributed by atoms with Crippen molar-refractivity contribution >= 4 is 29.5 Å². The minimum absolute atomic E-state index is 0.253. The van der Waals surface area contributed by atoms with Gasteiger partial charge < -0.3 is 19.4 Å². The molecule has 0 saturated carbocycles. The zero-order chi connectivity index (χ0) is 19.2. The van der Waals surface area contributed by atoms with E-state index in [-0.39, 0.29) is 17.9 Å². The van der Waals surface area contributed by atoms with Crippen LogP contribution in [0.15, 0.2) is 53.1 Å². The zero-order valence-corrected chi connectivity index (χ0v) is 15.6. The molecule has 1 aliphatic heterocycles. The van der Waals surface area contributed by atoms with E-state index in [9.17, 15) is 14.4 Å². The van der Waals surface area contributed by atoms with Crippen molar-refractivity contribution in [3.05, 3.63) is 60.1 Å². The SMILES string of the molecule is CC(=O)N1[C@@H](C(=O)OCC(=O)NCc2ccccc2)CS[C@H]1c1ccco1. The highest BCUT2D eigenvalue weighted by Gasteiger charge is 2.43. The average Bonchev–Trinajstić information content (AvgIpc) is 3.34. The number of hydrogen-bond acceptors (Lipinski definition) is 6. The van der Waals surface area contributed by atoms with Gasteiger partial charge in [-0.25, -0.2) is 4.79 Å². The van der Waals surface area contributed by atoms with Crippen LogP contribution in [0.25, 0.3) is 0 Å². The van der Waals surface area contributed by atoms with Gasteiger partial charge in [0, 0.05) is 19.2 Å². The van der Waals surface area contributed by atoms with Crippen LogP contribution < -0.4 is 5.32 Å². The number of nitrogens with zero attached hydrogens (tertiary/aromatic N) is 1. The number of thioether (sulfide) groups is 1. The van der Waals surface area contributed by atoms with Crippen molar-refractivity contribution in [2.24, 2.45) is 0 Å². The molecule has 2 heterocycles. The van der Waals surface area contributed by atoms with Gasteiger partial charge in [0.1, 0.15) is 17.2 Å². The molecule has 3 rings (SSSR count). The number of nitrogens with one attached hydrogen (secondary N) is 1. The third-order valence-electron chi connectivity index (χ3n) is 4.10. The first-order valence-electron chi connectivity index (χ1n) is 8.47. The molecular weight excluding hydrogens is 368 g/mol. The summed E-state index contributed by atoms with van der Waals surface area (Å²) >= 11 is 1.42. The maximum atomic E-state index is 12.4. The molecule has 1 N–H and O–H groups in total. The third kappa shape index (κ3) is 4.71. The molecule has 27 heavy (non-hydrogen) atoms. The van der Waals surface area contributed by atoms with E-state index in [0.717, 1.165) is 5.56 Å². The van der Waals surface area contributed by atoms with Crippen molar-refractivity contribution < 1.29 is 23.5 Å². The van der Waals surface area contributed by atoms with Crippen LogP contribution >= 0.6 is 11.8 Å². The Kier molecular flexibility index (Phi) is 6.18. The van der Waals surface area contributed by atoms with E-state index < -0.39 is 17.9 Å². The van der Waals surface area contributed by atoms with Gasteiger partial charge in [-0.3, -0.25) is 9.59 Å². The smallest absolute Gasteiger partial charge is 0.330 e. The van der Waals surface area contributed by atoms with Crippen LogP contribution in [-0.2, 0) is 25.7 Å². The number of furan rings is 1. The number of hydrogen-bond donors (Lipinski definition) is 1. The molecule has 0 radical (unpaired) electrons. The fourth-order valence-electron chi connectivity index (χ4n) is 2.80. The van der Waals surface area contributed by atoms with Gasteiger partial charge in [-0.05, 0) is 17.7 Å².